The average Bonchev–Trinajstić information content (AvgIpc) is 2.30. The van der Waals surface area contributed by atoms with E-state index >= 15 is 0 Å². The summed E-state index contributed by atoms with van der Waals surface area (Å²) in [6.45, 7) is 0.417. The van der Waals surface area contributed by atoms with Gasteiger partial charge in [-0.25, -0.2) is 0 Å². The first-order chi connectivity index (χ1) is 7.72. The maximum absolute atomic E-state index is 9.30. The summed E-state index contributed by atoms with van der Waals surface area (Å²) < 4.78 is 6.15. The highest BCUT2D eigenvalue weighted by Gasteiger charge is 2.14. The van der Waals surface area contributed by atoms with Crippen LogP contribution in [0.25, 0.3) is 0 Å². The second-order valence-corrected chi connectivity index (χ2v) is 4.21. The summed E-state index contributed by atoms with van der Waals surface area (Å²) in [6.07, 6.45) is 0. The lowest BCUT2D eigenvalue weighted by atomic mass is 10.1. The summed E-state index contributed by atoms with van der Waals surface area (Å²) in [7, 11) is 1.59. The third-order valence-electron chi connectivity index (χ3n) is 2.25. The van der Waals surface area contributed by atoms with Gasteiger partial charge in [0.2, 0.25) is 0 Å². The van der Waals surface area contributed by atoms with Crippen molar-refractivity contribution in [1.29, 1.82) is 0 Å². The van der Waals surface area contributed by atoms with E-state index < -0.39 is 0 Å². The van der Waals surface area contributed by atoms with Crippen LogP contribution in [0.15, 0.2) is 22.7 Å². The Morgan fingerprint density at radius 2 is 2.19 bits per heavy atom. The Labute approximate surface area is 103 Å². The number of nitrogens with one attached hydrogen (secondary N) is 1. The topological polar surface area (TPSA) is 61.7 Å². The van der Waals surface area contributed by atoms with Crippen LogP contribution in [0.4, 0.5) is 0 Å². The summed E-state index contributed by atoms with van der Waals surface area (Å²) in [5.74, 6) is 0.715. The molecular weight excluding hydrogens is 274 g/mol. The smallest absolute Gasteiger partial charge is 0.123 e. The van der Waals surface area contributed by atoms with Gasteiger partial charge in [-0.1, -0.05) is 15.9 Å². The number of benzene rings is 1. The molecule has 0 unspecified atom stereocenters. The summed E-state index contributed by atoms with van der Waals surface area (Å²) >= 11 is 3.38. The largest absolute Gasteiger partial charge is 0.496 e. The van der Waals surface area contributed by atoms with E-state index in [1.807, 2.05) is 18.2 Å². The highest BCUT2D eigenvalue weighted by Crippen LogP contribution is 2.28. The van der Waals surface area contributed by atoms with Crippen molar-refractivity contribution in [3.63, 3.8) is 0 Å². The van der Waals surface area contributed by atoms with Crippen molar-refractivity contribution in [2.45, 2.75) is 6.04 Å². The predicted molar refractivity (Wildman–Crippen MR) is 65.6 cm³/mol. The fourth-order valence-electron chi connectivity index (χ4n) is 1.49. The Bertz CT molecular complexity index is 333. The van der Waals surface area contributed by atoms with Crippen molar-refractivity contribution in [1.82, 2.24) is 5.32 Å². The Kier molecular flexibility index (Phi) is 5.76. The van der Waals surface area contributed by atoms with E-state index in [-0.39, 0.29) is 19.3 Å². The van der Waals surface area contributed by atoms with Crippen LogP contribution in [-0.2, 0) is 0 Å². The molecule has 0 aliphatic heterocycles. The van der Waals surface area contributed by atoms with E-state index in [0.29, 0.717) is 12.3 Å². The van der Waals surface area contributed by atoms with Crippen LogP contribution in [0, 0.1) is 0 Å². The Balaban J connectivity index is 2.92. The van der Waals surface area contributed by atoms with E-state index in [1.165, 1.54) is 0 Å². The Hall–Kier alpha value is -0.620. The van der Waals surface area contributed by atoms with E-state index in [2.05, 4.69) is 21.2 Å². The summed E-state index contributed by atoms with van der Waals surface area (Å²) in [4.78, 5) is 0. The lowest BCUT2D eigenvalue weighted by Crippen LogP contribution is -2.27. The van der Waals surface area contributed by atoms with E-state index in [1.54, 1.807) is 7.11 Å². The fourth-order valence-corrected chi connectivity index (χ4v) is 1.87. The molecule has 0 heterocycles. The number of hydrogen-bond acceptors (Lipinski definition) is 4. The highest BCUT2D eigenvalue weighted by molar-refractivity contribution is 9.10. The van der Waals surface area contributed by atoms with Crippen LogP contribution in [-0.4, -0.2) is 37.1 Å². The van der Waals surface area contributed by atoms with Crippen molar-refractivity contribution in [2.75, 3.05) is 26.9 Å². The maximum Gasteiger partial charge on any atom is 0.123 e. The van der Waals surface area contributed by atoms with Gasteiger partial charge in [0.25, 0.3) is 0 Å². The number of methoxy groups -OCH3 is 1. The normalized spacial score (nSPS) is 12.5. The summed E-state index contributed by atoms with van der Waals surface area (Å²) in [5.41, 5.74) is 0.868. The maximum atomic E-state index is 9.30. The fraction of sp³-hybridized carbons (Fsp3) is 0.455. The SMILES string of the molecule is COc1ccc(Br)cc1[C@H](CO)NCCO. The zero-order valence-electron chi connectivity index (χ0n) is 9.11. The van der Waals surface area contributed by atoms with Gasteiger partial charge >= 0.3 is 0 Å². The predicted octanol–water partition coefficient (Wildman–Crippen LogP) is 1.07. The second-order valence-electron chi connectivity index (χ2n) is 3.30. The van der Waals surface area contributed by atoms with Crippen LogP contribution in [0.2, 0.25) is 0 Å². The number of aliphatic hydroxyl groups is 2. The van der Waals surface area contributed by atoms with Crippen LogP contribution < -0.4 is 10.1 Å². The molecule has 3 N–H and O–H groups in total. The minimum absolute atomic E-state index is 0.0345. The van der Waals surface area contributed by atoms with Gasteiger partial charge in [0.15, 0.2) is 0 Å². The van der Waals surface area contributed by atoms with Crippen LogP contribution in [0.5, 0.6) is 5.75 Å². The molecule has 1 aromatic rings. The molecule has 0 bridgehead atoms. The number of rotatable bonds is 6. The Morgan fingerprint density at radius 1 is 1.44 bits per heavy atom. The molecule has 1 aromatic carbocycles. The molecule has 5 heteroatoms. The molecule has 0 aromatic heterocycles. The lowest BCUT2D eigenvalue weighted by molar-refractivity contribution is 0.224. The molecule has 90 valence electrons. The molecule has 1 atom stereocenters. The first-order valence-electron chi connectivity index (χ1n) is 5.01. The quantitative estimate of drug-likeness (QED) is 0.733. The number of halogens is 1. The zero-order valence-corrected chi connectivity index (χ0v) is 10.7. The van der Waals surface area contributed by atoms with Gasteiger partial charge < -0.3 is 20.3 Å². The molecule has 0 amide bonds. The molecular formula is C11H16BrNO3. The molecule has 16 heavy (non-hydrogen) atoms. The third kappa shape index (κ3) is 3.45. The number of hydrogen-bond donors (Lipinski definition) is 3. The molecule has 0 aliphatic rings. The van der Waals surface area contributed by atoms with E-state index in [0.717, 1.165) is 10.0 Å². The third-order valence-corrected chi connectivity index (χ3v) is 2.75. The first kappa shape index (κ1) is 13.4. The van der Waals surface area contributed by atoms with Gasteiger partial charge in [0.05, 0.1) is 26.4 Å². The monoisotopic (exact) mass is 289 g/mol. The van der Waals surface area contributed by atoms with Crippen molar-refractivity contribution < 1.29 is 14.9 Å². The average molecular weight is 290 g/mol. The standard InChI is InChI=1S/C11H16BrNO3/c1-16-11-3-2-8(12)6-9(11)10(7-15)13-4-5-14/h2-3,6,10,13-15H,4-5,7H2,1H3/t10-/m0/s1. The van der Waals surface area contributed by atoms with E-state index in [4.69, 9.17) is 9.84 Å². The highest BCUT2D eigenvalue weighted by atomic mass is 79.9. The molecule has 0 aliphatic carbocycles. The number of aliphatic hydroxyl groups excluding tert-OH is 2. The molecule has 0 radical (unpaired) electrons. The van der Waals surface area contributed by atoms with Gasteiger partial charge in [0.1, 0.15) is 5.75 Å². The summed E-state index contributed by atoms with van der Waals surface area (Å²) in [5, 5.41) is 21.1. The first-order valence-corrected chi connectivity index (χ1v) is 5.80. The van der Waals surface area contributed by atoms with Gasteiger partial charge in [0, 0.05) is 16.6 Å². The lowest BCUT2D eigenvalue weighted by Gasteiger charge is -2.19. The summed E-state index contributed by atoms with van der Waals surface area (Å²) in [6, 6.07) is 5.37. The van der Waals surface area contributed by atoms with Crippen LogP contribution >= 0.6 is 15.9 Å². The van der Waals surface area contributed by atoms with Crippen LogP contribution in [0.1, 0.15) is 11.6 Å². The van der Waals surface area contributed by atoms with Crippen molar-refractivity contribution in [2.24, 2.45) is 0 Å². The second kappa shape index (κ2) is 6.85. The van der Waals surface area contributed by atoms with Crippen molar-refractivity contribution in [3.8, 4) is 5.75 Å². The molecule has 0 saturated carbocycles. The van der Waals surface area contributed by atoms with Gasteiger partial charge in [-0.05, 0) is 18.2 Å². The molecule has 0 fully saturated rings. The van der Waals surface area contributed by atoms with Gasteiger partial charge in [-0.2, -0.15) is 0 Å². The van der Waals surface area contributed by atoms with Crippen molar-refractivity contribution >= 4 is 15.9 Å². The number of ether oxygens (including phenoxy) is 1. The van der Waals surface area contributed by atoms with E-state index in [9.17, 15) is 5.11 Å². The molecule has 0 saturated heterocycles. The van der Waals surface area contributed by atoms with Crippen molar-refractivity contribution in [3.05, 3.63) is 28.2 Å². The van der Waals surface area contributed by atoms with Crippen LogP contribution in [0.3, 0.4) is 0 Å². The Morgan fingerprint density at radius 3 is 2.75 bits per heavy atom. The molecule has 1 rings (SSSR count). The molecule has 4 nitrogen and oxygen atoms in total. The zero-order chi connectivity index (χ0) is 12.0. The van der Waals surface area contributed by atoms with Gasteiger partial charge in [-0.3, -0.25) is 0 Å². The molecule has 0 spiro atoms. The van der Waals surface area contributed by atoms with Gasteiger partial charge in [-0.15, -0.1) is 0 Å². The minimum atomic E-state index is -0.236. The minimum Gasteiger partial charge on any atom is -0.496 e.